The lowest BCUT2D eigenvalue weighted by Crippen LogP contribution is -2.27. The summed E-state index contributed by atoms with van der Waals surface area (Å²) in [6.07, 6.45) is 1.90. The van der Waals surface area contributed by atoms with Gasteiger partial charge in [0, 0.05) is 6.54 Å². The van der Waals surface area contributed by atoms with E-state index in [1.54, 1.807) is 18.2 Å². The highest BCUT2D eigenvalue weighted by molar-refractivity contribution is 5.87. The van der Waals surface area contributed by atoms with Gasteiger partial charge in [0.05, 0.1) is 12.0 Å². The predicted molar refractivity (Wildman–Crippen MR) is 89.6 cm³/mol. The minimum atomic E-state index is -0.938. The maximum absolute atomic E-state index is 12.0. The van der Waals surface area contributed by atoms with Crippen molar-refractivity contribution in [1.82, 2.24) is 5.32 Å². The van der Waals surface area contributed by atoms with Crippen molar-refractivity contribution in [2.24, 2.45) is 0 Å². The fourth-order valence-corrected chi connectivity index (χ4v) is 2.52. The van der Waals surface area contributed by atoms with Gasteiger partial charge in [0.15, 0.2) is 0 Å². The Morgan fingerprint density at radius 2 is 1.78 bits per heavy atom. The molecule has 2 aromatic rings. The van der Waals surface area contributed by atoms with Gasteiger partial charge in [0.25, 0.3) is 0 Å². The van der Waals surface area contributed by atoms with Gasteiger partial charge in [-0.25, -0.2) is 4.79 Å². The SMILES string of the molecule is CCc1ccccc1CC(=O)NCCc1cccc(C(=O)O)c1. The van der Waals surface area contributed by atoms with Crippen LogP contribution in [-0.4, -0.2) is 23.5 Å². The number of rotatable bonds is 7. The van der Waals surface area contributed by atoms with Crippen LogP contribution < -0.4 is 5.32 Å². The Morgan fingerprint density at radius 1 is 1.04 bits per heavy atom. The topological polar surface area (TPSA) is 66.4 Å². The number of carboxylic acid groups (broad SMARTS) is 1. The smallest absolute Gasteiger partial charge is 0.335 e. The van der Waals surface area contributed by atoms with Gasteiger partial charge in [-0.1, -0.05) is 43.3 Å². The highest BCUT2D eigenvalue weighted by atomic mass is 16.4. The van der Waals surface area contributed by atoms with Crippen molar-refractivity contribution in [3.05, 3.63) is 70.8 Å². The van der Waals surface area contributed by atoms with Crippen molar-refractivity contribution in [3.8, 4) is 0 Å². The maximum atomic E-state index is 12.0. The molecule has 120 valence electrons. The number of hydrogen-bond donors (Lipinski definition) is 2. The van der Waals surface area contributed by atoms with Crippen LogP contribution in [0, 0.1) is 0 Å². The summed E-state index contributed by atoms with van der Waals surface area (Å²) in [6.45, 7) is 2.57. The second kappa shape index (κ2) is 8.13. The molecule has 2 rings (SSSR count). The zero-order valence-corrected chi connectivity index (χ0v) is 13.2. The normalized spacial score (nSPS) is 10.3. The van der Waals surface area contributed by atoms with Crippen LogP contribution in [0.2, 0.25) is 0 Å². The number of nitrogens with one attached hydrogen (secondary N) is 1. The first-order valence-electron chi connectivity index (χ1n) is 7.76. The van der Waals surface area contributed by atoms with Gasteiger partial charge in [-0.15, -0.1) is 0 Å². The first kappa shape index (κ1) is 16.7. The van der Waals surface area contributed by atoms with E-state index in [9.17, 15) is 9.59 Å². The van der Waals surface area contributed by atoms with Gasteiger partial charge in [-0.3, -0.25) is 4.79 Å². The molecule has 0 bridgehead atoms. The summed E-state index contributed by atoms with van der Waals surface area (Å²) in [5, 5.41) is 11.9. The highest BCUT2D eigenvalue weighted by Crippen LogP contribution is 2.10. The summed E-state index contributed by atoms with van der Waals surface area (Å²) in [5.41, 5.74) is 3.42. The second-order valence-corrected chi connectivity index (χ2v) is 5.40. The number of benzene rings is 2. The summed E-state index contributed by atoms with van der Waals surface area (Å²) in [6, 6.07) is 14.7. The molecule has 0 saturated heterocycles. The van der Waals surface area contributed by atoms with Crippen LogP contribution >= 0.6 is 0 Å². The molecule has 1 amide bonds. The van der Waals surface area contributed by atoms with Crippen molar-refractivity contribution in [2.75, 3.05) is 6.54 Å². The first-order chi connectivity index (χ1) is 11.1. The molecule has 0 aromatic heterocycles. The Morgan fingerprint density at radius 3 is 2.48 bits per heavy atom. The van der Waals surface area contributed by atoms with Crippen LogP contribution in [0.5, 0.6) is 0 Å². The number of carboxylic acids is 1. The van der Waals surface area contributed by atoms with E-state index < -0.39 is 5.97 Å². The molecule has 0 fully saturated rings. The fraction of sp³-hybridized carbons (Fsp3) is 0.263. The Balaban J connectivity index is 1.85. The standard InChI is InChI=1S/C19H21NO3/c1-2-15-7-3-4-8-16(15)13-18(21)20-11-10-14-6-5-9-17(12-14)19(22)23/h3-9,12H,2,10-11,13H2,1H3,(H,20,21)(H,22,23). The summed E-state index contributed by atoms with van der Waals surface area (Å²) in [4.78, 5) is 23.0. The largest absolute Gasteiger partial charge is 0.478 e. The molecular formula is C19H21NO3. The molecule has 0 aliphatic heterocycles. The van der Waals surface area contributed by atoms with E-state index in [1.807, 2.05) is 30.3 Å². The minimum Gasteiger partial charge on any atom is -0.478 e. The molecule has 4 nitrogen and oxygen atoms in total. The van der Waals surface area contributed by atoms with Crippen molar-refractivity contribution >= 4 is 11.9 Å². The third kappa shape index (κ3) is 4.95. The Hall–Kier alpha value is -2.62. The van der Waals surface area contributed by atoms with E-state index in [0.717, 1.165) is 17.5 Å². The Bertz CT molecular complexity index is 695. The van der Waals surface area contributed by atoms with Gasteiger partial charge in [-0.2, -0.15) is 0 Å². The van der Waals surface area contributed by atoms with Crippen LogP contribution in [0.1, 0.15) is 34.0 Å². The number of hydrogen-bond acceptors (Lipinski definition) is 2. The molecular weight excluding hydrogens is 290 g/mol. The van der Waals surface area contributed by atoms with Crippen molar-refractivity contribution in [2.45, 2.75) is 26.2 Å². The quantitative estimate of drug-likeness (QED) is 0.826. The fourth-order valence-electron chi connectivity index (χ4n) is 2.52. The van der Waals surface area contributed by atoms with Crippen LogP contribution in [0.4, 0.5) is 0 Å². The van der Waals surface area contributed by atoms with Crippen molar-refractivity contribution in [3.63, 3.8) is 0 Å². The Kier molecular flexibility index (Phi) is 5.92. The maximum Gasteiger partial charge on any atom is 0.335 e. The third-order valence-corrected chi connectivity index (χ3v) is 3.76. The van der Waals surface area contributed by atoms with E-state index in [0.29, 0.717) is 19.4 Å². The second-order valence-electron chi connectivity index (χ2n) is 5.40. The van der Waals surface area contributed by atoms with Gasteiger partial charge >= 0.3 is 5.97 Å². The number of carbonyl (C=O) groups excluding carboxylic acids is 1. The third-order valence-electron chi connectivity index (χ3n) is 3.76. The predicted octanol–water partition coefficient (Wildman–Crippen LogP) is 2.85. The summed E-state index contributed by atoms with van der Waals surface area (Å²) < 4.78 is 0. The molecule has 2 N–H and O–H groups in total. The van der Waals surface area contributed by atoms with Crippen LogP contribution in [-0.2, 0) is 24.1 Å². The van der Waals surface area contributed by atoms with E-state index in [4.69, 9.17) is 5.11 Å². The first-order valence-corrected chi connectivity index (χ1v) is 7.76. The molecule has 0 aliphatic carbocycles. The van der Waals surface area contributed by atoms with Gasteiger partial charge < -0.3 is 10.4 Å². The zero-order valence-electron chi connectivity index (χ0n) is 13.2. The molecule has 0 aliphatic rings. The van der Waals surface area contributed by atoms with Crippen molar-refractivity contribution < 1.29 is 14.7 Å². The molecule has 0 radical (unpaired) electrons. The zero-order chi connectivity index (χ0) is 16.7. The van der Waals surface area contributed by atoms with Gasteiger partial charge in [0.2, 0.25) is 5.91 Å². The molecule has 4 heteroatoms. The summed E-state index contributed by atoms with van der Waals surface area (Å²) in [5.74, 6) is -0.952. The number of amides is 1. The summed E-state index contributed by atoms with van der Waals surface area (Å²) >= 11 is 0. The van der Waals surface area contributed by atoms with E-state index in [1.165, 1.54) is 5.56 Å². The van der Waals surface area contributed by atoms with Crippen LogP contribution in [0.15, 0.2) is 48.5 Å². The highest BCUT2D eigenvalue weighted by Gasteiger charge is 2.07. The molecule has 0 saturated carbocycles. The molecule has 0 unspecified atom stereocenters. The number of aromatic carboxylic acids is 1. The lowest BCUT2D eigenvalue weighted by molar-refractivity contribution is -0.120. The van der Waals surface area contributed by atoms with E-state index in [2.05, 4.69) is 12.2 Å². The molecule has 0 heterocycles. The molecule has 23 heavy (non-hydrogen) atoms. The number of aryl methyl sites for hydroxylation is 1. The molecule has 0 spiro atoms. The molecule has 2 aromatic carbocycles. The molecule has 0 atom stereocenters. The average molecular weight is 311 g/mol. The van der Waals surface area contributed by atoms with E-state index >= 15 is 0 Å². The lowest BCUT2D eigenvalue weighted by Gasteiger charge is -2.09. The van der Waals surface area contributed by atoms with E-state index in [-0.39, 0.29) is 11.5 Å². The van der Waals surface area contributed by atoms with Gasteiger partial charge in [-0.05, 0) is 41.7 Å². The van der Waals surface area contributed by atoms with Crippen molar-refractivity contribution in [1.29, 1.82) is 0 Å². The lowest BCUT2D eigenvalue weighted by atomic mass is 10.0. The Labute approximate surface area is 136 Å². The van der Waals surface area contributed by atoms with Crippen LogP contribution in [0.25, 0.3) is 0 Å². The average Bonchev–Trinajstić information content (AvgIpc) is 2.55. The summed E-state index contributed by atoms with van der Waals surface area (Å²) in [7, 11) is 0. The van der Waals surface area contributed by atoms with Gasteiger partial charge in [0.1, 0.15) is 0 Å². The minimum absolute atomic E-state index is 0.0136. The monoisotopic (exact) mass is 311 g/mol. The van der Waals surface area contributed by atoms with Crippen LogP contribution in [0.3, 0.4) is 0 Å². The number of carbonyl (C=O) groups is 2.